The summed E-state index contributed by atoms with van der Waals surface area (Å²) >= 11 is 0. The van der Waals surface area contributed by atoms with Gasteiger partial charge in [0.25, 0.3) is 0 Å². The first-order valence-corrected chi connectivity index (χ1v) is 5.32. The highest BCUT2D eigenvalue weighted by Crippen LogP contribution is 2.41. The standard InChI is InChI=1S/C13H14O3/c1-8-3-5-9(6-4-8)12(14)10-7-11(10)13(15)16-2/h3-6,10-11H,7H2,1-2H3/t10-,11+/m0/s1. The van der Waals surface area contributed by atoms with Crippen LogP contribution >= 0.6 is 0 Å². The molecule has 0 saturated heterocycles. The predicted octanol–water partition coefficient (Wildman–Crippen LogP) is 1.99. The van der Waals surface area contributed by atoms with Crippen molar-refractivity contribution in [2.24, 2.45) is 11.8 Å². The average Bonchev–Trinajstić information content (AvgIpc) is 3.08. The van der Waals surface area contributed by atoms with Gasteiger partial charge in [-0.1, -0.05) is 29.8 Å². The Morgan fingerprint density at radius 2 is 1.81 bits per heavy atom. The van der Waals surface area contributed by atoms with Crippen molar-refractivity contribution in [3.8, 4) is 0 Å². The molecule has 0 radical (unpaired) electrons. The molecule has 2 rings (SSSR count). The molecular formula is C13H14O3. The monoisotopic (exact) mass is 218 g/mol. The zero-order chi connectivity index (χ0) is 11.7. The Hall–Kier alpha value is -1.64. The van der Waals surface area contributed by atoms with Crippen molar-refractivity contribution in [1.82, 2.24) is 0 Å². The summed E-state index contributed by atoms with van der Waals surface area (Å²) in [6.07, 6.45) is 0.624. The largest absolute Gasteiger partial charge is 0.469 e. The van der Waals surface area contributed by atoms with Crippen molar-refractivity contribution in [2.75, 3.05) is 7.11 Å². The number of aryl methyl sites for hydroxylation is 1. The van der Waals surface area contributed by atoms with Crippen LogP contribution in [0.2, 0.25) is 0 Å². The Balaban J connectivity index is 2.05. The van der Waals surface area contributed by atoms with Gasteiger partial charge in [0, 0.05) is 11.5 Å². The van der Waals surface area contributed by atoms with Gasteiger partial charge in [0.1, 0.15) is 0 Å². The summed E-state index contributed by atoms with van der Waals surface area (Å²) in [5, 5.41) is 0. The maximum absolute atomic E-state index is 11.9. The number of hydrogen-bond donors (Lipinski definition) is 0. The highest BCUT2D eigenvalue weighted by atomic mass is 16.5. The molecule has 0 aromatic heterocycles. The summed E-state index contributed by atoms with van der Waals surface area (Å²) in [6, 6.07) is 7.43. The smallest absolute Gasteiger partial charge is 0.309 e. The van der Waals surface area contributed by atoms with Crippen molar-refractivity contribution >= 4 is 11.8 Å². The van der Waals surface area contributed by atoms with Gasteiger partial charge in [-0.25, -0.2) is 0 Å². The van der Waals surface area contributed by atoms with E-state index in [-0.39, 0.29) is 23.6 Å². The third-order valence-electron chi connectivity index (χ3n) is 2.97. The summed E-state index contributed by atoms with van der Waals surface area (Å²) < 4.78 is 4.62. The van der Waals surface area contributed by atoms with Gasteiger partial charge < -0.3 is 4.74 Å². The third kappa shape index (κ3) is 1.98. The quantitative estimate of drug-likeness (QED) is 0.575. The number of hydrogen-bond acceptors (Lipinski definition) is 3. The van der Waals surface area contributed by atoms with E-state index >= 15 is 0 Å². The van der Waals surface area contributed by atoms with Crippen molar-refractivity contribution in [3.63, 3.8) is 0 Å². The molecule has 2 atom stereocenters. The predicted molar refractivity (Wildman–Crippen MR) is 59.1 cm³/mol. The molecule has 3 heteroatoms. The molecular weight excluding hydrogens is 204 g/mol. The minimum Gasteiger partial charge on any atom is -0.469 e. The second kappa shape index (κ2) is 4.08. The molecule has 1 aromatic carbocycles. The molecule has 16 heavy (non-hydrogen) atoms. The van der Waals surface area contributed by atoms with E-state index in [0.717, 1.165) is 5.56 Å². The number of Topliss-reactive ketones (excluding diaryl/α,β-unsaturated/α-hetero) is 1. The fourth-order valence-electron chi connectivity index (χ4n) is 1.83. The first kappa shape index (κ1) is 10.9. The molecule has 0 unspecified atom stereocenters. The highest BCUT2D eigenvalue weighted by Gasteiger charge is 2.48. The van der Waals surface area contributed by atoms with E-state index in [0.29, 0.717) is 12.0 Å². The number of rotatable bonds is 3. The van der Waals surface area contributed by atoms with E-state index in [4.69, 9.17) is 0 Å². The molecule has 84 valence electrons. The average molecular weight is 218 g/mol. The number of esters is 1. The number of methoxy groups -OCH3 is 1. The van der Waals surface area contributed by atoms with Crippen LogP contribution in [0, 0.1) is 18.8 Å². The van der Waals surface area contributed by atoms with E-state index < -0.39 is 0 Å². The normalized spacial score (nSPS) is 22.6. The molecule has 0 aliphatic heterocycles. The van der Waals surface area contributed by atoms with E-state index in [1.54, 1.807) is 0 Å². The molecule has 1 aliphatic carbocycles. The molecule has 3 nitrogen and oxygen atoms in total. The lowest BCUT2D eigenvalue weighted by Crippen LogP contribution is -2.10. The fraction of sp³-hybridized carbons (Fsp3) is 0.385. The molecule has 0 spiro atoms. The van der Waals surface area contributed by atoms with Crippen molar-refractivity contribution in [2.45, 2.75) is 13.3 Å². The summed E-state index contributed by atoms with van der Waals surface area (Å²) in [6.45, 7) is 1.97. The topological polar surface area (TPSA) is 43.4 Å². The molecule has 1 fully saturated rings. The Morgan fingerprint density at radius 3 is 2.38 bits per heavy atom. The molecule has 1 aromatic rings. The van der Waals surface area contributed by atoms with Gasteiger partial charge in [-0.2, -0.15) is 0 Å². The van der Waals surface area contributed by atoms with Gasteiger partial charge in [0.15, 0.2) is 5.78 Å². The van der Waals surface area contributed by atoms with Crippen LogP contribution in [-0.4, -0.2) is 18.9 Å². The lowest BCUT2D eigenvalue weighted by atomic mass is 10.0. The first-order valence-electron chi connectivity index (χ1n) is 5.32. The van der Waals surface area contributed by atoms with Crippen molar-refractivity contribution < 1.29 is 14.3 Å². The van der Waals surface area contributed by atoms with E-state index in [1.807, 2.05) is 31.2 Å². The number of benzene rings is 1. The Labute approximate surface area is 94.4 Å². The molecule has 1 aliphatic rings. The summed E-state index contributed by atoms with van der Waals surface area (Å²) in [5.74, 6) is -0.616. The maximum atomic E-state index is 11.9. The zero-order valence-electron chi connectivity index (χ0n) is 9.40. The molecule has 0 amide bonds. The van der Waals surface area contributed by atoms with Gasteiger partial charge in [0.05, 0.1) is 13.0 Å². The van der Waals surface area contributed by atoms with Crippen LogP contribution in [0.4, 0.5) is 0 Å². The Bertz CT molecular complexity index is 419. The molecule has 1 saturated carbocycles. The van der Waals surface area contributed by atoms with E-state index in [1.165, 1.54) is 7.11 Å². The lowest BCUT2D eigenvalue weighted by Gasteiger charge is -2.00. The second-order valence-corrected chi connectivity index (χ2v) is 4.20. The van der Waals surface area contributed by atoms with E-state index in [9.17, 15) is 9.59 Å². The molecule has 0 bridgehead atoms. The highest BCUT2D eigenvalue weighted by molar-refractivity contribution is 6.02. The maximum Gasteiger partial charge on any atom is 0.309 e. The molecule has 0 N–H and O–H groups in total. The summed E-state index contributed by atoms with van der Waals surface area (Å²) in [4.78, 5) is 23.1. The minimum atomic E-state index is -0.273. The number of carbonyl (C=O) groups excluding carboxylic acids is 2. The van der Waals surface area contributed by atoms with Crippen molar-refractivity contribution in [3.05, 3.63) is 35.4 Å². The van der Waals surface area contributed by atoms with Crippen LogP contribution in [-0.2, 0) is 9.53 Å². The van der Waals surface area contributed by atoms with Gasteiger partial charge in [-0.15, -0.1) is 0 Å². The Kier molecular flexibility index (Phi) is 2.77. The second-order valence-electron chi connectivity index (χ2n) is 4.20. The number of ether oxygens (including phenoxy) is 1. The van der Waals surface area contributed by atoms with Gasteiger partial charge in [-0.3, -0.25) is 9.59 Å². The van der Waals surface area contributed by atoms with Crippen LogP contribution in [0.5, 0.6) is 0 Å². The van der Waals surface area contributed by atoms with Gasteiger partial charge in [0.2, 0.25) is 0 Å². The summed E-state index contributed by atoms with van der Waals surface area (Å²) in [5.41, 5.74) is 1.80. The number of ketones is 1. The summed E-state index contributed by atoms with van der Waals surface area (Å²) in [7, 11) is 1.36. The third-order valence-corrected chi connectivity index (χ3v) is 2.97. The lowest BCUT2D eigenvalue weighted by molar-refractivity contribution is -0.142. The van der Waals surface area contributed by atoms with Crippen LogP contribution < -0.4 is 0 Å². The van der Waals surface area contributed by atoms with Crippen molar-refractivity contribution in [1.29, 1.82) is 0 Å². The Morgan fingerprint density at radius 1 is 1.19 bits per heavy atom. The van der Waals surface area contributed by atoms with Gasteiger partial charge in [-0.05, 0) is 13.3 Å². The van der Waals surface area contributed by atoms with E-state index in [2.05, 4.69) is 4.74 Å². The number of carbonyl (C=O) groups is 2. The first-order chi connectivity index (χ1) is 7.63. The fourth-order valence-corrected chi connectivity index (χ4v) is 1.83. The van der Waals surface area contributed by atoms with Crippen LogP contribution in [0.3, 0.4) is 0 Å². The van der Waals surface area contributed by atoms with Crippen LogP contribution in [0.1, 0.15) is 22.3 Å². The van der Waals surface area contributed by atoms with Gasteiger partial charge >= 0.3 is 5.97 Å². The van der Waals surface area contributed by atoms with Crippen LogP contribution in [0.15, 0.2) is 24.3 Å². The zero-order valence-corrected chi connectivity index (χ0v) is 9.40. The van der Waals surface area contributed by atoms with Crippen LogP contribution in [0.25, 0.3) is 0 Å². The SMILES string of the molecule is COC(=O)[C@@H]1C[C@@H]1C(=O)c1ccc(C)cc1. The molecule has 0 heterocycles. The minimum absolute atomic E-state index is 0.0513.